The molecule has 0 amide bonds. The molecule has 6 heteroatoms. The zero-order valence-corrected chi connectivity index (χ0v) is 15.1. The molecule has 1 aliphatic carbocycles. The predicted molar refractivity (Wildman–Crippen MR) is 98.8 cm³/mol. The van der Waals surface area contributed by atoms with Crippen LogP contribution < -0.4 is 20.3 Å². The molecular weight excluding hydrogens is 330 g/mol. The zero-order valence-electron chi connectivity index (χ0n) is 15.1. The molecule has 2 aliphatic rings. The van der Waals surface area contributed by atoms with Gasteiger partial charge in [-0.05, 0) is 56.4 Å². The molecule has 0 spiro atoms. The number of nitrogens with one attached hydrogen (secondary N) is 1. The highest BCUT2D eigenvalue weighted by atomic mass is 16.6. The van der Waals surface area contributed by atoms with Crippen molar-refractivity contribution in [2.24, 2.45) is 0 Å². The number of aromatic nitrogens is 2. The summed E-state index contributed by atoms with van der Waals surface area (Å²) in [5, 5.41) is 8.05. The van der Waals surface area contributed by atoms with E-state index in [-0.39, 0.29) is 11.6 Å². The Morgan fingerprint density at radius 2 is 1.85 bits per heavy atom. The van der Waals surface area contributed by atoms with Gasteiger partial charge >= 0.3 is 0 Å². The van der Waals surface area contributed by atoms with Crippen LogP contribution in [0.25, 0.3) is 0 Å². The van der Waals surface area contributed by atoms with Crippen LogP contribution >= 0.6 is 0 Å². The molecule has 1 aromatic heterocycles. The molecular formula is C20H25N3O3. The highest BCUT2D eigenvalue weighted by Gasteiger charge is 2.23. The molecule has 1 N–H and O–H groups in total. The Hall–Kier alpha value is -2.34. The summed E-state index contributed by atoms with van der Waals surface area (Å²) in [5.74, 6) is 1.67. The van der Waals surface area contributed by atoms with Gasteiger partial charge in [0.05, 0.1) is 11.7 Å². The monoisotopic (exact) mass is 355 g/mol. The third kappa shape index (κ3) is 3.75. The molecule has 1 aromatic carbocycles. The highest BCUT2D eigenvalue weighted by Crippen LogP contribution is 2.31. The summed E-state index contributed by atoms with van der Waals surface area (Å²) in [6.45, 7) is 3.97. The minimum absolute atomic E-state index is 0.00304. The summed E-state index contributed by atoms with van der Waals surface area (Å²) in [6.07, 6.45) is 4.07. The smallest absolute Gasteiger partial charge is 0.267 e. The number of aryl methyl sites for hydroxylation is 1. The molecule has 26 heavy (non-hydrogen) atoms. The van der Waals surface area contributed by atoms with Crippen molar-refractivity contribution < 1.29 is 9.47 Å². The summed E-state index contributed by atoms with van der Waals surface area (Å²) in [6, 6.07) is 10.2. The van der Waals surface area contributed by atoms with E-state index in [1.807, 2.05) is 13.0 Å². The lowest BCUT2D eigenvalue weighted by Gasteiger charge is -2.30. The lowest BCUT2D eigenvalue weighted by Crippen LogP contribution is -2.36. The molecule has 2 aromatic rings. The van der Waals surface area contributed by atoms with E-state index < -0.39 is 0 Å². The van der Waals surface area contributed by atoms with Gasteiger partial charge in [0.25, 0.3) is 5.56 Å². The van der Waals surface area contributed by atoms with Crippen molar-refractivity contribution in [3.63, 3.8) is 0 Å². The van der Waals surface area contributed by atoms with Gasteiger partial charge in [-0.15, -0.1) is 0 Å². The number of hydrogen-bond donors (Lipinski definition) is 1. The fraction of sp³-hybridized carbons (Fsp3) is 0.500. The maximum atomic E-state index is 12.0. The predicted octanol–water partition coefficient (Wildman–Crippen LogP) is 2.60. The Balaban J connectivity index is 1.31. The first kappa shape index (κ1) is 17.1. The van der Waals surface area contributed by atoms with Crippen LogP contribution in [-0.4, -0.2) is 29.0 Å². The second-order valence-corrected chi connectivity index (χ2v) is 7.12. The van der Waals surface area contributed by atoms with E-state index in [9.17, 15) is 4.79 Å². The molecule has 4 rings (SSSR count). The van der Waals surface area contributed by atoms with E-state index in [1.165, 1.54) is 5.56 Å². The normalized spacial score (nSPS) is 22.2. The number of benzene rings is 1. The summed E-state index contributed by atoms with van der Waals surface area (Å²) < 4.78 is 12.9. The van der Waals surface area contributed by atoms with Crippen molar-refractivity contribution in [1.29, 1.82) is 0 Å². The third-order valence-corrected chi connectivity index (χ3v) is 5.20. The fourth-order valence-electron chi connectivity index (χ4n) is 3.77. The van der Waals surface area contributed by atoms with E-state index in [1.54, 1.807) is 16.8 Å². The second kappa shape index (κ2) is 7.50. The first-order chi connectivity index (χ1) is 12.7. The van der Waals surface area contributed by atoms with Crippen LogP contribution in [0.4, 0.5) is 0 Å². The van der Waals surface area contributed by atoms with Gasteiger partial charge < -0.3 is 14.8 Å². The minimum Gasteiger partial charge on any atom is -0.486 e. The zero-order chi connectivity index (χ0) is 17.9. The fourth-order valence-corrected chi connectivity index (χ4v) is 3.77. The molecule has 138 valence electrons. The Kier molecular flexibility index (Phi) is 4.93. The lowest BCUT2D eigenvalue weighted by atomic mass is 9.91. The Morgan fingerprint density at radius 1 is 1.08 bits per heavy atom. The summed E-state index contributed by atoms with van der Waals surface area (Å²) in [5.41, 5.74) is 2.10. The minimum atomic E-state index is 0.00304. The van der Waals surface area contributed by atoms with Gasteiger partial charge in [-0.25, -0.2) is 4.68 Å². The van der Waals surface area contributed by atoms with Gasteiger partial charge in [-0.2, -0.15) is 5.10 Å². The largest absolute Gasteiger partial charge is 0.486 e. The van der Waals surface area contributed by atoms with Crippen molar-refractivity contribution in [3.05, 3.63) is 51.9 Å². The number of hydrogen-bond acceptors (Lipinski definition) is 5. The van der Waals surface area contributed by atoms with E-state index in [2.05, 4.69) is 22.5 Å². The number of nitrogens with zero attached hydrogens (tertiary/aromatic N) is 2. The van der Waals surface area contributed by atoms with Crippen LogP contribution in [0.1, 0.15) is 43.0 Å². The Morgan fingerprint density at radius 3 is 2.65 bits per heavy atom. The van der Waals surface area contributed by atoms with Crippen molar-refractivity contribution in [1.82, 2.24) is 15.1 Å². The summed E-state index contributed by atoms with van der Waals surface area (Å²) in [4.78, 5) is 12.0. The van der Waals surface area contributed by atoms with Gasteiger partial charge in [0, 0.05) is 18.7 Å². The molecule has 1 fully saturated rings. The van der Waals surface area contributed by atoms with Crippen LogP contribution in [0.2, 0.25) is 0 Å². The average molecular weight is 355 g/mol. The van der Waals surface area contributed by atoms with Gasteiger partial charge in [0.2, 0.25) is 0 Å². The number of ether oxygens (including phenoxy) is 2. The van der Waals surface area contributed by atoms with Crippen LogP contribution in [0, 0.1) is 6.92 Å². The van der Waals surface area contributed by atoms with Gasteiger partial charge in [0.15, 0.2) is 11.5 Å². The van der Waals surface area contributed by atoms with Crippen molar-refractivity contribution in [2.75, 3.05) is 13.2 Å². The lowest BCUT2D eigenvalue weighted by molar-refractivity contribution is 0.171. The van der Waals surface area contributed by atoms with Crippen LogP contribution in [0.15, 0.2) is 35.1 Å². The molecule has 6 nitrogen and oxygen atoms in total. The standard InChI is InChI=1S/C20H25N3O3/c1-14-2-9-20(24)23(22-14)17-6-4-16(5-7-17)21-13-15-3-8-18-19(12-15)26-11-10-25-18/h2-3,8-9,12,16-17,21H,4-7,10-11,13H2,1H3. The Bertz CT molecular complexity index is 825. The molecule has 1 saturated carbocycles. The first-order valence-corrected chi connectivity index (χ1v) is 9.37. The highest BCUT2D eigenvalue weighted by molar-refractivity contribution is 5.43. The number of fused-ring (bicyclic) bond motifs is 1. The van der Waals surface area contributed by atoms with Crippen LogP contribution in [-0.2, 0) is 6.54 Å². The topological polar surface area (TPSA) is 65.4 Å². The van der Waals surface area contributed by atoms with Crippen molar-refractivity contribution in [2.45, 2.75) is 51.2 Å². The molecule has 2 heterocycles. The van der Waals surface area contributed by atoms with Gasteiger partial charge in [0.1, 0.15) is 13.2 Å². The average Bonchev–Trinajstić information content (AvgIpc) is 2.68. The summed E-state index contributed by atoms with van der Waals surface area (Å²) in [7, 11) is 0. The number of rotatable bonds is 4. The van der Waals surface area contributed by atoms with Crippen molar-refractivity contribution in [3.8, 4) is 11.5 Å². The first-order valence-electron chi connectivity index (χ1n) is 9.37. The van der Waals surface area contributed by atoms with Crippen LogP contribution in [0.5, 0.6) is 11.5 Å². The van der Waals surface area contributed by atoms with Gasteiger partial charge in [-0.1, -0.05) is 6.07 Å². The second-order valence-electron chi connectivity index (χ2n) is 7.12. The van der Waals surface area contributed by atoms with E-state index in [0.29, 0.717) is 19.3 Å². The molecule has 1 aliphatic heterocycles. The van der Waals surface area contributed by atoms with E-state index >= 15 is 0 Å². The molecule has 0 bridgehead atoms. The summed E-state index contributed by atoms with van der Waals surface area (Å²) >= 11 is 0. The van der Waals surface area contributed by atoms with Crippen molar-refractivity contribution >= 4 is 0 Å². The third-order valence-electron chi connectivity index (χ3n) is 5.20. The molecule has 0 saturated heterocycles. The van der Waals surface area contributed by atoms with Crippen LogP contribution in [0.3, 0.4) is 0 Å². The van der Waals surface area contributed by atoms with E-state index in [0.717, 1.165) is 49.4 Å². The molecule has 0 unspecified atom stereocenters. The maximum absolute atomic E-state index is 12.0. The molecule has 0 radical (unpaired) electrons. The SMILES string of the molecule is Cc1ccc(=O)n(C2CCC(NCc3ccc4c(c3)OCCO4)CC2)n1. The maximum Gasteiger partial charge on any atom is 0.267 e. The quantitative estimate of drug-likeness (QED) is 0.913. The Labute approximate surface area is 153 Å². The van der Waals surface area contributed by atoms with Gasteiger partial charge in [-0.3, -0.25) is 4.79 Å². The molecule has 0 atom stereocenters. The van der Waals surface area contributed by atoms with E-state index in [4.69, 9.17) is 9.47 Å².